The largest absolute Gasteiger partial charge is 0.444 e. The molecule has 1 N–H and O–H groups in total. The van der Waals surface area contributed by atoms with E-state index in [1.807, 2.05) is 39.0 Å². The van der Waals surface area contributed by atoms with E-state index >= 15 is 0 Å². The van der Waals surface area contributed by atoms with Crippen LogP contribution >= 0.6 is 0 Å². The highest BCUT2D eigenvalue weighted by Crippen LogP contribution is 2.38. The van der Waals surface area contributed by atoms with Crippen molar-refractivity contribution in [2.24, 2.45) is 0 Å². The van der Waals surface area contributed by atoms with E-state index in [4.69, 9.17) is 14.4 Å². The average molecular weight is 492 g/mol. The number of anilines is 3. The van der Waals surface area contributed by atoms with Crippen molar-refractivity contribution in [1.82, 2.24) is 4.90 Å². The number of carbonyl (C=O) groups excluding carboxylic acids is 2. The predicted octanol–water partition coefficient (Wildman–Crippen LogP) is 4.96. The van der Waals surface area contributed by atoms with Crippen molar-refractivity contribution >= 4 is 29.1 Å². The van der Waals surface area contributed by atoms with Crippen molar-refractivity contribution in [3.05, 3.63) is 53.6 Å². The molecule has 0 spiro atoms. The van der Waals surface area contributed by atoms with Gasteiger partial charge in [-0.3, -0.25) is 4.79 Å². The molecule has 190 valence electrons. The molecule has 1 fully saturated rings. The number of benzene rings is 1. The van der Waals surface area contributed by atoms with Gasteiger partial charge in [-0.1, -0.05) is 6.08 Å². The Hall–Kier alpha value is -3.93. The Morgan fingerprint density at radius 1 is 1.14 bits per heavy atom. The van der Waals surface area contributed by atoms with Crippen LogP contribution in [0.5, 0.6) is 0 Å². The number of hydrogen-bond donors (Lipinski definition) is 1. The second-order valence-electron chi connectivity index (χ2n) is 10.2. The lowest BCUT2D eigenvalue weighted by Gasteiger charge is -2.37. The Morgan fingerprint density at radius 3 is 2.44 bits per heavy atom. The molecule has 0 radical (unpaired) electrons. The maximum Gasteiger partial charge on any atom is 0.410 e. The summed E-state index contributed by atoms with van der Waals surface area (Å²) < 4.78 is 10.8. The van der Waals surface area contributed by atoms with Gasteiger partial charge in [-0.15, -0.1) is 0 Å². The number of furan rings is 1. The molecule has 0 saturated carbocycles. The molecule has 0 bridgehead atoms. The standard InChI is InChI=1S/C27H33N5O4/c1-18-6-7-19(2)32(18)23-16-20(30-12-14-31(15-13-30)26(34)36-27(3,4)5)8-10-22(23)29-25(33)24-11-9-21(17-28)35-24/h6,8-11,16,19H,7,12-15H2,1-5H3,(H,29,33). The molecule has 2 aliphatic heterocycles. The van der Waals surface area contributed by atoms with Gasteiger partial charge in [0.15, 0.2) is 5.76 Å². The highest BCUT2D eigenvalue weighted by molar-refractivity contribution is 6.04. The lowest BCUT2D eigenvalue weighted by molar-refractivity contribution is 0.0240. The van der Waals surface area contributed by atoms with E-state index in [9.17, 15) is 9.59 Å². The van der Waals surface area contributed by atoms with Crippen molar-refractivity contribution in [3.8, 4) is 6.07 Å². The summed E-state index contributed by atoms with van der Waals surface area (Å²) in [4.78, 5) is 31.5. The molecule has 0 aliphatic carbocycles. The number of nitrogens with zero attached hydrogens (tertiary/aromatic N) is 4. The molecule has 2 amide bonds. The SMILES string of the molecule is CC1=CCC(C)N1c1cc(N2CCN(C(=O)OC(C)(C)C)CC2)ccc1NC(=O)c1ccc(C#N)o1. The van der Waals surface area contributed by atoms with Crippen molar-refractivity contribution in [2.75, 3.05) is 41.3 Å². The molecular formula is C27H33N5O4. The Labute approximate surface area is 211 Å². The van der Waals surface area contributed by atoms with Crippen LogP contribution in [0.25, 0.3) is 0 Å². The summed E-state index contributed by atoms with van der Waals surface area (Å²) in [5.74, 6) is -0.236. The second-order valence-corrected chi connectivity index (χ2v) is 10.2. The zero-order valence-corrected chi connectivity index (χ0v) is 21.5. The highest BCUT2D eigenvalue weighted by Gasteiger charge is 2.28. The van der Waals surface area contributed by atoms with Crippen LogP contribution in [0, 0.1) is 11.3 Å². The molecule has 2 aromatic rings. The Bertz CT molecular complexity index is 1210. The summed E-state index contributed by atoms with van der Waals surface area (Å²) in [5, 5.41) is 12.0. The van der Waals surface area contributed by atoms with Gasteiger partial charge in [-0.05, 0) is 71.4 Å². The van der Waals surface area contributed by atoms with E-state index < -0.39 is 11.5 Å². The molecule has 4 rings (SSSR count). The third-order valence-electron chi connectivity index (χ3n) is 6.30. The summed E-state index contributed by atoms with van der Waals surface area (Å²) in [6.07, 6.45) is 2.82. The Morgan fingerprint density at radius 2 is 1.86 bits per heavy atom. The molecule has 1 atom stereocenters. The summed E-state index contributed by atoms with van der Waals surface area (Å²) in [7, 11) is 0. The number of amides is 2. The normalized spacial score (nSPS) is 18.1. The first-order valence-electron chi connectivity index (χ1n) is 12.2. The first kappa shape index (κ1) is 25.2. The van der Waals surface area contributed by atoms with Crippen LogP contribution in [-0.4, -0.2) is 54.7 Å². The Balaban J connectivity index is 1.55. The predicted molar refractivity (Wildman–Crippen MR) is 138 cm³/mol. The number of rotatable bonds is 4. The maximum atomic E-state index is 12.9. The van der Waals surface area contributed by atoms with Crippen molar-refractivity contribution in [2.45, 2.75) is 52.7 Å². The number of piperazine rings is 1. The highest BCUT2D eigenvalue weighted by atomic mass is 16.6. The number of hydrogen-bond acceptors (Lipinski definition) is 7. The van der Waals surface area contributed by atoms with Gasteiger partial charge in [0.1, 0.15) is 11.7 Å². The summed E-state index contributed by atoms with van der Waals surface area (Å²) in [6.45, 7) is 12.3. The Kier molecular flexibility index (Phi) is 6.97. The quantitative estimate of drug-likeness (QED) is 0.645. The molecule has 1 saturated heterocycles. The molecular weight excluding hydrogens is 458 g/mol. The van der Waals surface area contributed by atoms with Gasteiger partial charge >= 0.3 is 6.09 Å². The summed E-state index contributed by atoms with van der Waals surface area (Å²) in [6, 6.07) is 11.1. The van der Waals surface area contributed by atoms with Crippen LogP contribution < -0.4 is 15.1 Å². The molecule has 9 heteroatoms. The smallest absolute Gasteiger partial charge is 0.410 e. The number of nitriles is 1. The third kappa shape index (κ3) is 5.48. The van der Waals surface area contributed by atoms with E-state index in [0.717, 1.165) is 23.5 Å². The lowest BCUT2D eigenvalue weighted by atomic mass is 10.1. The second kappa shape index (κ2) is 9.97. The van der Waals surface area contributed by atoms with Crippen LogP contribution in [0.15, 0.2) is 46.5 Å². The number of nitrogens with one attached hydrogen (secondary N) is 1. The van der Waals surface area contributed by atoms with Gasteiger partial charge in [-0.2, -0.15) is 5.26 Å². The fourth-order valence-corrected chi connectivity index (χ4v) is 4.52. The van der Waals surface area contributed by atoms with Crippen molar-refractivity contribution in [3.63, 3.8) is 0 Å². The van der Waals surface area contributed by atoms with Gasteiger partial charge in [0.2, 0.25) is 5.76 Å². The number of carbonyl (C=O) groups is 2. The topological polar surface area (TPSA) is 102 Å². The van der Waals surface area contributed by atoms with Crippen LogP contribution in [0.3, 0.4) is 0 Å². The molecule has 1 unspecified atom stereocenters. The fraction of sp³-hybridized carbons (Fsp3) is 0.444. The first-order chi connectivity index (χ1) is 17.1. The van der Waals surface area contributed by atoms with E-state index in [0.29, 0.717) is 31.9 Å². The fourth-order valence-electron chi connectivity index (χ4n) is 4.52. The van der Waals surface area contributed by atoms with Crippen LogP contribution in [-0.2, 0) is 4.74 Å². The molecule has 2 aliphatic rings. The first-order valence-corrected chi connectivity index (χ1v) is 12.2. The van der Waals surface area contributed by atoms with E-state index in [1.54, 1.807) is 4.90 Å². The van der Waals surface area contributed by atoms with Crippen LogP contribution in [0.1, 0.15) is 57.4 Å². The third-order valence-corrected chi connectivity index (χ3v) is 6.30. The van der Waals surface area contributed by atoms with E-state index in [-0.39, 0.29) is 23.7 Å². The van der Waals surface area contributed by atoms with Gasteiger partial charge in [0.25, 0.3) is 5.91 Å². The number of allylic oxidation sites excluding steroid dienone is 1. The van der Waals surface area contributed by atoms with Gasteiger partial charge in [-0.25, -0.2) is 4.79 Å². The van der Waals surface area contributed by atoms with E-state index in [1.165, 1.54) is 12.1 Å². The molecule has 1 aromatic carbocycles. The minimum Gasteiger partial charge on any atom is -0.444 e. The molecule has 36 heavy (non-hydrogen) atoms. The minimum atomic E-state index is -0.521. The summed E-state index contributed by atoms with van der Waals surface area (Å²) >= 11 is 0. The molecule has 3 heterocycles. The molecule has 9 nitrogen and oxygen atoms in total. The van der Waals surface area contributed by atoms with Gasteiger partial charge in [0, 0.05) is 43.6 Å². The van der Waals surface area contributed by atoms with Gasteiger partial charge in [0.05, 0.1) is 11.4 Å². The zero-order valence-electron chi connectivity index (χ0n) is 21.5. The van der Waals surface area contributed by atoms with Gasteiger partial charge < -0.3 is 29.2 Å². The van der Waals surface area contributed by atoms with Crippen LogP contribution in [0.2, 0.25) is 0 Å². The zero-order chi connectivity index (χ0) is 26.0. The van der Waals surface area contributed by atoms with Crippen molar-refractivity contribution in [1.29, 1.82) is 5.26 Å². The van der Waals surface area contributed by atoms with Crippen LogP contribution in [0.4, 0.5) is 21.9 Å². The van der Waals surface area contributed by atoms with E-state index in [2.05, 4.69) is 41.1 Å². The lowest BCUT2D eigenvalue weighted by Crippen LogP contribution is -2.50. The molecule has 1 aromatic heterocycles. The van der Waals surface area contributed by atoms with Crippen molar-refractivity contribution < 1.29 is 18.7 Å². The average Bonchev–Trinajstić information content (AvgIpc) is 3.45. The number of ether oxygens (including phenoxy) is 1. The maximum absolute atomic E-state index is 12.9. The minimum absolute atomic E-state index is 0.0848. The monoisotopic (exact) mass is 491 g/mol. The summed E-state index contributed by atoms with van der Waals surface area (Å²) in [5.41, 5.74) is 3.17.